The molecule has 0 bridgehead atoms. The third kappa shape index (κ3) is 5.50. The zero-order valence-corrected chi connectivity index (χ0v) is 23.0. The molecule has 0 radical (unpaired) electrons. The molecule has 1 atom stereocenters. The molecular formula is C29H33BN2O5S. The molecular weight excluding hydrogens is 499 g/mol. The van der Waals surface area contributed by atoms with Crippen LogP contribution < -0.4 is 5.46 Å². The molecule has 1 unspecified atom stereocenters. The molecule has 0 saturated carbocycles. The van der Waals surface area contributed by atoms with Gasteiger partial charge in [-0.1, -0.05) is 36.4 Å². The molecule has 38 heavy (non-hydrogen) atoms. The lowest BCUT2D eigenvalue weighted by molar-refractivity contribution is -0.132. The minimum atomic E-state index is -3.32. The van der Waals surface area contributed by atoms with E-state index in [0.717, 1.165) is 22.3 Å². The second-order valence-corrected chi connectivity index (χ2v) is 12.9. The molecule has 0 N–H and O–H groups in total. The average Bonchev–Trinajstić information content (AvgIpc) is 3.57. The van der Waals surface area contributed by atoms with Gasteiger partial charge in [0.05, 0.1) is 29.4 Å². The molecule has 2 aromatic carbocycles. The highest BCUT2D eigenvalue weighted by Gasteiger charge is 2.51. The van der Waals surface area contributed by atoms with E-state index in [4.69, 9.17) is 9.31 Å². The summed E-state index contributed by atoms with van der Waals surface area (Å²) >= 11 is 0. The summed E-state index contributed by atoms with van der Waals surface area (Å²) in [7, 11) is -3.79. The van der Waals surface area contributed by atoms with Crippen LogP contribution in [0.5, 0.6) is 0 Å². The van der Waals surface area contributed by atoms with Crippen molar-refractivity contribution in [1.29, 1.82) is 0 Å². The summed E-state index contributed by atoms with van der Waals surface area (Å²) in [5.41, 5.74) is 2.82. The van der Waals surface area contributed by atoms with Crippen LogP contribution in [0.15, 0.2) is 84.5 Å². The largest absolute Gasteiger partial charge is 0.494 e. The van der Waals surface area contributed by atoms with Gasteiger partial charge in [-0.05, 0) is 74.6 Å². The van der Waals surface area contributed by atoms with Gasteiger partial charge in [0, 0.05) is 30.0 Å². The number of amides is 1. The monoisotopic (exact) mass is 532 g/mol. The summed E-state index contributed by atoms with van der Waals surface area (Å²) in [5, 5.41) is 1.21. The summed E-state index contributed by atoms with van der Waals surface area (Å²) in [6.45, 7) is 8.36. The van der Waals surface area contributed by atoms with Crippen LogP contribution in [-0.2, 0) is 36.9 Å². The third-order valence-electron chi connectivity index (χ3n) is 7.68. The van der Waals surface area contributed by atoms with Crippen LogP contribution in [0.3, 0.4) is 0 Å². The summed E-state index contributed by atoms with van der Waals surface area (Å²) in [4.78, 5) is 15.2. The Bertz CT molecular complexity index is 1410. The number of hydrogen-bond acceptors (Lipinski definition) is 5. The minimum absolute atomic E-state index is 0.0999. The highest BCUT2D eigenvalue weighted by Crippen LogP contribution is 2.36. The number of sulfone groups is 1. The van der Waals surface area contributed by atoms with Crippen LogP contribution in [0.25, 0.3) is 5.69 Å². The number of rotatable bonds is 7. The fourth-order valence-corrected chi connectivity index (χ4v) is 5.97. The summed E-state index contributed by atoms with van der Waals surface area (Å²) in [5.74, 6) is -0.224. The van der Waals surface area contributed by atoms with E-state index in [2.05, 4.69) is 0 Å². The van der Waals surface area contributed by atoms with Crippen molar-refractivity contribution in [2.75, 3.05) is 5.75 Å². The van der Waals surface area contributed by atoms with Gasteiger partial charge in [0.2, 0.25) is 5.91 Å². The summed E-state index contributed by atoms with van der Waals surface area (Å²) in [6.07, 6.45) is 5.73. The first kappa shape index (κ1) is 26.5. The summed E-state index contributed by atoms with van der Waals surface area (Å²) in [6, 6.07) is 19.0. The van der Waals surface area contributed by atoms with Gasteiger partial charge >= 0.3 is 7.12 Å². The molecule has 198 valence electrons. The average molecular weight is 532 g/mol. The van der Waals surface area contributed by atoms with E-state index in [-0.39, 0.29) is 18.1 Å². The molecule has 3 aromatic rings. The number of nitrogens with zero attached hydrogens (tertiary/aromatic N) is 2. The Kier molecular flexibility index (Phi) is 6.88. The normalized spacial score (nSPS) is 21.1. The molecule has 2 aliphatic heterocycles. The first-order valence-electron chi connectivity index (χ1n) is 12.8. The third-order valence-corrected chi connectivity index (χ3v) is 9.06. The van der Waals surface area contributed by atoms with Gasteiger partial charge in [0.1, 0.15) is 0 Å². The van der Waals surface area contributed by atoms with E-state index in [1.807, 2.05) is 105 Å². The number of aromatic nitrogens is 1. The Balaban J connectivity index is 1.32. The second kappa shape index (κ2) is 9.87. The van der Waals surface area contributed by atoms with E-state index in [0.29, 0.717) is 6.54 Å². The maximum atomic E-state index is 13.5. The maximum Gasteiger partial charge on any atom is 0.494 e. The van der Waals surface area contributed by atoms with Gasteiger partial charge in [0.25, 0.3) is 0 Å². The predicted molar refractivity (Wildman–Crippen MR) is 149 cm³/mol. The van der Waals surface area contributed by atoms with Crippen LogP contribution in [-0.4, -0.2) is 53.9 Å². The molecule has 1 fully saturated rings. The zero-order valence-electron chi connectivity index (χ0n) is 22.2. The first-order valence-corrected chi connectivity index (χ1v) is 14.5. The number of benzene rings is 2. The Morgan fingerprint density at radius 1 is 0.947 bits per heavy atom. The Morgan fingerprint density at radius 2 is 1.53 bits per heavy atom. The van der Waals surface area contributed by atoms with Gasteiger partial charge in [-0.3, -0.25) is 4.79 Å². The molecule has 2 aliphatic rings. The molecule has 5 rings (SSSR count). The maximum absolute atomic E-state index is 13.5. The molecule has 1 saturated heterocycles. The van der Waals surface area contributed by atoms with E-state index < -0.39 is 34.2 Å². The van der Waals surface area contributed by atoms with Crippen molar-refractivity contribution in [2.45, 2.75) is 57.9 Å². The van der Waals surface area contributed by atoms with Gasteiger partial charge < -0.3 is 18.8 Å². The van der Waals surface area contributed by atoms with Gasteiger partial charge in [-0.2, -0.15) is 0 Å². The van der Waals surface area contributed by atoms with Crippen molar-refractivity contribution in [3.63, 3.8) is 0 Å². The Labute approximate surface area is 225 Å². The SMILES string of the molecule is CC1(C)OB(c2ccc(CN(C(=O)Cc3ccc(-n4cccc4)cc3)C3C=CS(=O)(=O)C3)cc2)OC1(C)C. The van der Waals surface area contributed by atoms with E-state index in [1.54, 1.807) is 11.0 Å². The predicted octanol–water partition coefficient (Wildman–Crippen LogP) is 3.66. The number of carbonyl (C=O) groups is 1. The standard InChI is InChI=1S/C29H33BN2O5S/c1-28(2)29(3,4)37-30(36-28)24-11-7-23(8-12-24)20-32(26-15-18-38(34,35)21-26)27(33)19-22-9-13-25(14-10-22)31-16-5-6-17-31/h5-18,26H,19-21H2,1-4H3. The van der Waals surface area contributed by atoms with E-state index in [1.165, 1.54) is 5.41 Å². The van der Waals surface area contributed by atoms with Crippen LogP contribution in [0.4, 0.5) is 0 Å². The fourth-order valence-electron chi connectivity index (χ4n) is 4.67. The number of carbonyl (C=O) groups excluding carboxylic acids is 1. The minimum Gasteiger partial charge on any atom is -0.399 e. The highest BCUT2D eigenvalue weighted by molar-refractivity contribution is 7.94. The van der Waals surface area contributed by atoms with Crippen LogP contribution in [0, 0.1) is 0 Å². The van der Waals surface area contributed by atoms with Crippen LogP contribution in [0.2, 0.25) is 0 Å². The quantitative estimate of drug-likeness (QED) is 0.434. The molecule has 0 aliphatic carbocycles. The van der Waals surface area contributed by atoms with Crippen molar-refractivity contribution in [3.05, 3.63) is 95.7 Å². The van der Waals surface area contributed by atoms with Crippen molar-refractivity contribution in [3.8, 4) is 5.69 Å². The fraction of sp³-hybridized carbons (Fsp3) is 0.345. The lowest BCUT2D eigenvalue weighted by atomic mass is 9.79. The van der Waals surface area contributed by atoms with Gasteiger partial charge in [0.15, 0.2) is 9.84 Å². The molecule has 0 spiro atoms. The molecule has 7 nitrogen and oxygen atoms in total. The van der Waals surface area contributed by atoms with Gasteiger partial charge in [-0.25, -0.2) is 8.42 Å². The smallest absolute Gasteiger partial charge is 0.399 e. The Hall–Kier alpha value is -3.14. The zero-order chi connectivity index (χ0) is 27.1. The van der Waals surface area contributed by atoms with E-state index >= 15 is 0 Å². The second-order valence-electron chi connectivity index (χ2n) is 11.0. The van der Waals surface area contributed by atoms with Crippen molar-refractivity contribution < 1.29 is 22.5 Å². The topological polar surface area (TPSA) is 77.8 Å². The highest BCUT2D eigenvalue weighted by atomic mass is 32.2. The molecule has 3 heterocycles. The van der Waals surface area contributed by atoms with Crippen molar-refractivity contribution >= 4 is 28.3 Å². The summed E-state index contributed by atoms with van der Waals surface area (Å²) < 4.78 is 38.6. The number of hydrogen-bond donors (Lipinski definition) is 0. The Morgan fingerprint density at radius 3 is 2.08 bits per heavy atom. The van der Waals surface area contributed by atoms with Crippen molar-refractivity contribution in [2.24, 2.45) is 0 Å². The van der Waals surface area contributed by atoms with Crippen molar-refractivity contribution in [1.82, 2.24) is 9.47 Å². The van der Waals surface area contributed by atoms with E-state index in [9.17, 15) is 13.2 Å². The lowest BCUT2D eigenvalue weighted by Gasteiger charge is -2.32. The lowest BCUT2D eigenvalue weighted by Crippen LogP contribution is -2.41. The van der Waals surface area contributed by atoms with Crippen LogP contribution in [0.1, 0.15) is 38.8 Å². The van der Waals surface area contributed by atoms with Crippen LogP contribution >= 0.6 is 0 Å². The molecule has 1 aromatic heterocycles. The van der Waals surface area contributed by atoms with Gasteiger partial charge in [-0.15, -0.1) is 0 Å². The molecule has 9 heteroatoms. The molecule has 1 amide bonds. The first-order chi connectivity index (χ1) is 17.9.